The van der Waals surface area contributed by atoms with Gasteiger partial charge in [-0.3, -0.25) is 0 Å². The lowest BCUT2D eigenvalue weighted by atomic mass is 10.1. The monoisotopic (exact) mass is 383 g/mol. The average Bonchev–Trinajstić information content (AvgIpc) is 3.12. The first-order valence-corrected chi connectivity index (χ1v) is 9.61. The Bertz CT molecular complexity index is 887. The number of benzene rings is 2. The molecule has 0 spiro atoms. The number of aliphatic hydroxyl groups is 2. The van der Waals surface area contributed by atoms with Gasteiger partial charge in [-0.1, -0.05) is 24.3 Å². The fourth-order valence-electron chi connectivity index (χ4n) is 3.28. The highest BCUT2D eigenvalue weighted by molar-refractivity contribution is 5.86. The zero-order valence-electron chi connectivity index (χ0n) is 16.5. The van der Waals surface area contributed by atoms with Crippen LogP contribution >= 0.6 is 0 Å². The molecule has 1 heterocycles. The Labute approximate surface area is 165 Å². The number of ether oxygens (including phenoxy) is 1. The molecule has 3 aromatic rings. The first kappa shape index (κ1) is 20.2. The molecule has 0 amide bonds. The SMILES string of the molecule is Cc1cccc(C)c1NCCNCC(O)COc1cccc2[nH]c(CO)cc12. The van der Waals surface area contributed by atoms with Gasteiger partial charge in [0.1, 0.15) is 18.5 Å². The van der Waals surface area contributed by atoms with Crippen molar-refractivity contribution >= 4 is 16.6 Å². The van der Waals surface area contributed by atoms with Crippen molar-refractivity contribution in [2.75, 3.05) is 31.6 Å². The Balaban J connectivity index is 1.40. The zero-order chi connectivity index (χ0) is 19.9. The van der Waals surface area contributed by atoms with Crippen LogP contribution in [0.25, 0.3) is 10.9 Å². The Morgan fingerprint density at radius 2 is 1.82 bits per heavy atom. The van der Waals surface area contributed by atoms with E-state index in [-0.39, 0.29) is 13.2 Å². The summed E-state index contributed by atoms with van der Waals surface area (Å²) in [4.78, 5) is 3.13. The number of nitrogens with one attached hydrogen (secondary N) is 3. The first-order chi connectivity index (χ1) is 13.6. The summed E-state index contributed by atoms with van der Waals surface area (Å²) >= 11 is 0. The van der Waals surface area contributed by atoms with Crippen molar-refractivity contribution in [1.82, 2.24) is 10.3 Å². The number of para-hydroxylation sites is 1. The van der Waals surface area contributed by atoms with E-state index in [9.17, 15) is 10.2 Å². The van der Waals surface area contributed by atoms with Crippen molar-refractivity contribution in [3.8, 4) is 5.75 Å². The van der Waals surface area contributed by atoms with Crippen molar-refractivity contribution in [2.24, 2.45) is 0 Å². The van der Waals surface area contributed by atoms with Gasteiger partial charge >= 0.3 is 0 Å². The van der Waals surface area contributed by atoms with Gasteiger partial charge in [-0.15, -0.1) is 0 Å². The van der Waals surface area contributed by atoms with E-state index in [2.05, 4.69) is 47.7 Å². The predicted octanol–water partition coefficient (Wildman–Crippen LogP) is 2.72. The molecule has 1 atom stereocenters. The number of anilines is 1. The maximum atomic E-state index is 10.2. The molecular weight excluding hydrogens is 354 g/mol. The molecular formula is C22H29N3O3. The Morgan fingerprint density at radius 3 is 2.57 bits per heavy atom. The number of rotatable bonds is 10. The molecule has 0 saturated heterocycles. The van der Waals surface area contributed by atoms with Crippen LogP contribution in [0.3, 0.4) is 0 Å². The number of fused-ring (bicyclic) bond motifs is 1. The molecule has 0 aliphatic carbocycles. The highest BCUT2D eigenvalue weighted by Crippen LogP contribution is 2.26. The van der Waals surface area contributed by atoms with Gasteiger partial charge in [0, 0.05) is 41.9 Å². The smallest absolute Gasteiger partial charge is 0.128 e. The van der Waals surface area contributed by atoms with E-state index in [0.29, 0.717) is 12.3 Å². The molecule has 1 unspecified atom stereocenters. The molecule has 0 bridgehead atoms. The van der Waals surface area contributed by atoms with Crippen molar-refractivity contribution in [2.45, 2.75) is 26.6 Å². The summed E-state index contributed by atoms with van der Waals surface area (Å²) in [5.74, 6) is 0.698. The summed E-state index contributed by atoms with van der Waals surface area (Å²) in [7, 11) is 0. The van der Waals surface area contributed by atoms with Crippen LogP contribution in [0.1, 0.15) is 16.8 Å². The molecule has 2 aromatic carbocycles. The molecule has 0 aliphatic rings. The van der Waals surface area contributed by atoms with Gasteiger partial charge in [-0.2, -0.15) is 0 Å². The Kier molecular flexibility index (Phi) is 6.92. The molecule has 0 aliphatic heterocycles. The van der Waals surface area contributed by atoms with Crippen LogP contribution in [-0.4, -0.2) is 47.5 Å². The van der Waals surface area contributed by atoms with E-state index in [1.165, 1.54) is 16.8 Å². The molecule has 5 N–H and O–H groups in total. The molecule has 0 radical (unpaired) electrons. The number of H-pyrrole nitrogens is 1. The minimum atomic E-state index is -0.605. The Hall–Kier alpha value is -2.54. The molecule has 3 rings (SSSR count). The van der Waals surface area contributed by atoms with Crippen molar-refractivity contribution in [3.63, 3.8) is 0 Å². The van der Waals surface area contributed by atoms with E-state index < -0.39 is 6.10 Å². The summed E-state index contributed by atoms with van der Waals surface area (Å²) < 4.78 is 5.79. The van der Waals surface area contributed by atoms with Crippen LogP contribution < -0.4 is 15.4 Å². The maximum absolute atomic E-state index is 10.2. The summed E-state index contributed by atoms with van der Waals surface area (Å²) in [5.41, 5.74) is 5.29. The van der Waals surface area contributed by atoms with Gasteiger partial charge in [0.25, 0.3) is 0 Å². The van der Waals surface area contributed by atoms with E-state index >= 15 is 0 Å². The third kappa shape index (κ3) is 5.04. The fourth-order valence-corrected chi connectivity index (χ4v) is 3.28. The number of aryl methyl sites for hydroxylation is 2. The van der Waals surface area contributed by atoms with Crippen molar-refractivity contribution in [3.05, 3.63) is 59.3 Å². The lowest BCUT2D eigenvalue weighted by Crippen LogP contribution is -2.34. The molecule has 6 nitrogen and oxygen atoms in total. The van der Waals surface area contributed by atoms with E-state index in [0.717, 1.165) is 29.7 Å². The second kappa shape index (κ2) is 9.59. The number of aromatic amines is 1. The minimum Gasteiger partial charge on any atom is -0.490 e. The second-order valence-electron chi connectivity index (χ2n) is 7.03. The summed E-state index contributed by atoms with van der Waals surface area (Å²) in [5, 5.41) is 27.0. The van der Waals surface area contributed by atoms with Crippen molar-refractivity contribution < 1.29 is 14.9 Å². The minimum absolute atomic E-state index is 0.0449. The lowest BCUT2D eigenvalue weighted by Gasteiger charge is -2.15. The predicted molar refractivity (Wildman–Crippen MR) is 113 cm³/mol. The van der Waals surface area contributed by atoms with Crippen LogP contribution in [0, 0.1) is 13.8 Å². The zero-order valence-corrected chi connectivity index (χ0v) is 16.5. The first-order valence-electron chi connectivity index (χ1n) is 9.61. The largest absolute Gasteiger partial charge is 0.490 e. The van der Waals surface area contributed by atoms with Crippen LogP contribution in [0.4, 0.5) is 5.69 Å². The van der Waals surface area contributed by atoms with Gasteiger partial charge in [-0.05, 0) is 43.2 Å². The van der Waals surface area contributed by atoms with Gasteiger partial charge in [0.2, 0.25) is 0 Å². The molecule has 1 aromatic heterocycles. The van der Waals surface area contributed by atoms with Crippen LogP contribution in [0.5, 0.6) is 5.75 Å². The van der Waals surface area contributed by atoms with Crippen LogP contribution in [0.2, 0.25) is 0 Å². The third-order valence-corrected chi connectivity index (χ3v) is 4.75. The van der Waals surface area contributed by atoms with E-state index in [1.54, 1.807) is 0 Å². The van der Waals surface area contributed by atoms with E-state index in [4.69, 9.17) is 4.74 Å². The van der Waals surface area contributed by atoms with E-state index in [1.807, 2.05) is 24.3 Å². The summed E-state index contributed by atoms with van der Waals surface area (Å²) in [6, 6.07) is 13.8. The van der Waals surface area contributed by atoms with Crippen LogP contribution in [0.15, 0.2) is 42.5 Å². The molecule has 0 saturated carbocycles. The fraction of sp³-hybridized carbons (Fsp3) is 0.364. The Morgan fingerprint density at radius 1 is 1.07 bits per heavy atom. The topological polar surface area (TPSA) is 89.5 Å². The lowest BCUT2D eigenvalue weighted by molar-refractivity contribution is 0.107. The summed E-state index contributed by atoms with van der Waals surface area (Å²) in [6.07, 6.45) is -0.605. The molecule has 28 heavy (non-hydrogen) atoms. The number of aliphatic hydroxyl groups excluding tert-OH is 2. The van der Waals surface area contributed by atoms with Crippen molar-refractivity contribution in [1.29, 1.82) is 0 Å². The molecule has 6 heteroatoms. The third-order valence-electron chi connectivity index (χ3n) is 4.75. The molecule has 0 fully saturated rings. The number of hydrogen-bond acceptors (Lipinski definition) is 5. The highest BCUT2D eigenvalue weighted by Gasteiger charge is 2.09. The average molecular weight is 383 g/mol. The summed E-state index contributed by atoms with van der Waals surface area (Å²) in [6.45, 7) is 6.34. The van der Waals surface area contributed by atoms with Gasteiger partial charge in [0.15, 0.2) is 0 Å². The van der Waals surface area contributed by atoms with Gasteiger partial charge < -0.3 is 30.6 Å². The van der Waals surface area contributed by atoms with Gasteiger partial charge in [-0.25, -0.2) is 0 Å². The normalized spacial score (nSPS) is 12.3. The number of hydrogen-bond donors (Lipinski definition) is 5. The number of aromatic nitrogens is 1. The standard InChI is InChI=1S/C22H29N3O3/c1-15-5-3-6-16(2)22(15)24-10-9-23-12-18(27)14-28-21-8-4-7-20-19(21)11-17(13-26)25-20/h3-8,11,18,23-27H,9-10,12-14H2,1-2H3. The highest BCUT2D eigenvalue weighted by atomic mass is 16.5. The second-order valence-corrected chi connectivity index (χ2v) is 7.03. The van der Waals surface area contributed by atoms with Gasteiger partial charge in [0.05, 0.1) is 6.61 Å². The quantitative estimate of drug-likeness (QED) is 0.347. The maximum Gasteiger partial charge on any atom is 0.128 e. The van der Waals surface area contributed by atoms with Crippen LogP contribution in [-0.2, 0) is 6.61 Å². The molecule has 150 valence electrons.